The minimum atomic E-state index is -0.433. The molecule has 1 aliphatic heterocycles. The van der Waals surface area contributed by atoms with Crippen LogP contribution in [0.1, 0.15) is 37.9 Å². The molecule has 1 aromatic carbocycles. The Morgan fingerprint density at radius 2 is 2.11 bits per heavy atom. The van der Waals surface area contributed by atoms with Gasteiger partial charge in [0, 0.05) is 49.6 Å². The van der Waals surface area contributed by atoms with Crippen molar-refractivity contribution in [1.82, 2.24) is 20.2 Å². The molecule has 1 N–H and O–H groups in total. The molecule has 6 nitrogen and oxygen atoms in total. The predicted molar refractivity (Wildman–Crippen MR) is 100 cm³/mol. The molecule has 3 heterocycles. The van der Waals surface area contributed by atoms with Gasteiger partial charge in [-0.15, -0.1) is 11.3 Å². The van der Waals surface area contributed by atoms with Crippen LogP contribution >= 0.6 is 11.3 Å². The highest BCUT2D eigenvalue weighted by molar-refractivity contribution is 7.20. The Labute approximate surface area is 159 Å². The Morgan fingerprint density at radius 3 is 2.89 bits per heavy atom. The van der Waals surface area contributed by atoms with Crippen molar-refractivity contribution in [2.45, 2.75) is 12.3 Å². The van der Waals surface area contributed by atoms with Gasteiger partial charge in [-0.1, -0.05) is 6.07 Å². The number of hydrogen-bond acceptors (Lipinski definition) is 5. The van der Waals surface area contributed by atoms with E-state index in [-0.39, 0.29) is 17.7 Å². The van der Waals surface area contributed by atoms with Gasteiger partial charge in [0.15, 0.2) is 0 Å². The lowest BCUT2D eigenvalue weighted by molar-refractivity contribution is 0.0790. The van der Waals surface area contributed by atoms with Crippen molar-refractivity contribution in [3.8, 4) is 0 Å². The number of nitrogens with one attached hydrogen (secondary N) is 1. The summed E-state index contributed by atoms with van der Waals surface area (Å²) >= 11 is 1.31. The molecule has 8 heteroatoms. The zero-order chi connectivity index (χ0) is 19.0. The van der Waals surface area contributed by atoms with Gasteiger partial charge >= 0.3 is 0 Å². The SMILES string of the molecule is CNC(=O)c1sc2nccnc2c1[C@@H]1CCN(C(=O)c2cccc(F)c2)C1. The molecule has 2 aromatic heterocycles. The Bertz CT molecular complexity index is 1040. The van der Waals surface area contributed by atoms with Gasteiger partial charge in [-0.3, -0.25) is 14.6 Å². The molecule has 1 fully saturated rings. The van der Waals surface area contributed by atoms with Gasteiger partial charge in [-0.2, -0.15) is 0 Å². The van der Waals surface area contributed by atoms with E-state index in [0.29, 0.717) is 40.3 Å². The van der Waals surface area contributed by atoms with Crippen LogP contribution in [0.2, 0.25) is 0 Å². The maximum atomic E-state index is 13.4. The summed E-state index contributed by atoms with van der Waals surface area (Å²) in [7, 11) is 1.59. The number of carbonyl (C=O) groups excluding carboxylic acids is 2. The molecule has 0 saturated carbocycles. The monoisotopic (exact) mass is 384 g/mol. The molecule has 0 spiro atoms. The van der Waals surface area contributed by atoms with Crippen LogP contribution in [0.15, 0.2) is 36.7 Å². The van der Waals surface area contributed by atoms with Gasteiger partial charge in [0.25, 0.3) is 11.8 Å². The number of rotatable bonds is 3. The number of aromatic nitrogens is 2. The first-order valence-corrected chi connectivity index (χ1v) is 9.40. The van der Waals surface area contributed by atoms with E-state index in [1.165, 1.54) is 29.5 Å². The standard InChI is InChI=1S/C19H17FN4O2S/c1-21-17(25)16-14(15-18(27-16)23-7-6-22-15)12-5-8-24(10-12)19(26)11-3-2-4-13(20)9-11/h2-4,6-7,9,12H,5,8,10H2,1H3,(H,21,25)/t12-/m1/s1. The fourth-order valence-corrected chi connectivity index (χ4v) is 4.62. The van der Waals surface area contributed by atoms with Crippen LogP contribution in [0, 0.1) is 5.82 Å². The number of thiophene rings is 1. The number of benzene rings is 1. The molecule has 0 unspecified atom stereocenters. The summed E-state index contributed by atoms with van der Waals surface area (Å²) in [6, 6.07) is 5.70. The smallest absolute Gasteiger partial charge is 0.261 e. The fourth-order valence-electron chi connectivity index (χ4n) is 3.49. The molecule has 3 aromatic rings. The third-order valence-corrected chi connectivity index (χ3v) is 5.85. The average Bonchev–Trinajstić information content (AvgIpc) is 3.31. The molecule has 4 rings (SSSR count). The van der Waals surface area contributed by atoms with E-state index in [2.05, 4.69) is 15.3 Å². The third kappa shape index (κ3) is 3.16. The number of halogens is 1. The van der Waals surface area contributed by atoms with Crippen LogP contribution in [0.4, 0.5) is 4.39 Å². The van der Waals surface area contributed by atoms with Gasteiger partial charge in [0.2, 0.25) is 0 Å². The van der Waals surface area contributed by atoms with E-state index in [4.69, 9.17) is 0 Å². The van der Waals surface area contributed by atoms with Crippen LogP contribution in [0.3, 0.4) is 0 Å². The Morgan fingerprint density at radius 1 is 1.30 bits per heavy atom. The second-order valence-electron chi connectivity index (χ2n) is 6.38. The first-order valence-electron chi connectivity index (χ1n) is 8.59. The number of fused-ring (bicyclic) bond motifs is 1. The normalized spacial score (nSPS) is 16.7. The van der Waals surface area contributed by atoms with Crippen LogP contribution in [0.5, 0.6) is 0 Å². The Balaban J connectivity index is 1.66. The zero-order valence-corrected chi connectivity index (χ0v) is 15.4. The topological polar surface area (TPSA) is 75.2 Å². The largest absolute Gasteiger partial charge is 0.354 e. The van der Waals surface area contributed by atoms with Crippen molar-refractivity contribution in [3.05, 3.63) is 58.5 Å². The fraction of sp³-hybridized carbons (Fsp3) is 0.263. The number of hydrogen-bond donors (Lipinski definition) is 1. The number of likely N-dealkylation sites (tertiary alicyclic amines) is 1. The van der Waals surface area contributed by atoms with E-state index in [1.54, 1.807) is 30.4 Å². The van der Waals surface area contributed by atoms with Crippen molar-refractivity contribution in [2.75, 3.05) is 20.1 Å². The maximum absolute atomic E-state index is 13.4. The number of amides is 2. The lowest BCUT2D eigenvalue weighted by Crippen LogP contribution is -2.28. The first-order chi connectivity index (χ1) is 13.1. The molecule has 0 aliphatic carbocycles. The van der Waals surface area contributed by atoms with Crippen molar-refractivity contribution in [2.24, 2.45) is 0 Å². The summed E-state index contributed by atoms with van der Waals surface area (Å²) in [5.41, 5.74) is 1.89. The van der Waals surface area contributed by atoms with Crippen LogP contribution < -0.4 is 5.32 Å². The summed E-state index contributed by atoms with van der Waals surface area (Å²) in [5.74, 6) is -0.827. The van der Waals surface area contributed by atoms with Crippen molar-refractivity contribution >= 4 is 33.5 Å². The number of carbonyl (C=O) groups is 2. The minimum Gasteiger partial charge on any atom is -0.354 e. The Hall–Kier alpha value is -2.87. The highest BCUT2D eigenvalue weighted by Gasteiger charge is 2.33. The van der Waals surface area contributed by atoms with E-state index >= 15 is 0 Å². The molecule has 1 saturated heterocycles. The van der Waals surface area contributed by atoms with Gasteiger partial charge in [-0.25, -0.2) is 9.37 Å². The molecule has 1 atom stereocenters. The summed E-state index contributed by atoms with van der Waals surface area (Å²) in [5, 5.41) is 2.67. The third-order valence-electron chi connectivity index (χ3n) is 4.75. The quantitative estimate of drug-likeness (QED) is 0.754. The van der Waals surface area contributed by atoms with Crippen LogP contribution in [-0.4, -0.2) is 46.8 Å². The second-order valence-corrected chi connectivity index (χ2v) is 7.38. The zero-order valence-electron chi connectivity index (χ0n) is 14.6. The highest BCUT2D eigenvalue weighted by atomic mass is 32.1. The number of nitrogens with zero attached hydrogens (tertiary/aromatic N) is 3. The van der Waals surface area contributed by atoms with Gasteiger partial charge < -0.3 is 10.2 Å². The average molecular weight is 384 g/mol. The van der Waals surface area contributed by atoms with E-state index < -0.39 is 5.82 Å². The molecular formula is C19H17FN4O2S. The molecule has 0 bridgehead atoms. The summed E-state index contributed by atoms with van der Waals surface area (Å²) in [4.78, 5) is 36.8. The van der Waals surface area contributed by atoms with Gasteiger partial charge in [0.1, 0.15) is 16.2 Å². The van der Waals surface area contributed by atoms with Crippen LogP contribution in [0.25, 0.3) is 10.3 Å². The van der Waals surface area contributed by atoms with E-state index in [1.807, 2.05) is 0 Å². The Kier molecular flexibility index (Phi) is 4.57. The maximum Gasteiger partial charge on any atom is 0.261 e. The summed E-state index contributed by atoms with van der Waals surface area (Å²) in [6.07, 6.45) is 3.93. The minimum absolute atomic E-state index is 0.0136. The molecule has 0 radical (unpaired) electrons. The molecule has 138 valence electrons. The summed E-state index contributed by atoms with van der Waals surface area (Å²) in [6.45, 7) is 1.01. The van der Waals surface area contributed by atoms with E-state index in [0.717, 1.165) is 5.56 Å². The molecule has 27 heavy (non-hydrogen) atoms. The van der Waals surface area contributed by atoms with Crippen molar-refractivity contribution in [1.29, 1.82) is 0 Å². The van der Waals surface area contributed by atoms with Crippen molar-refractivity contribution < 1.29 is 14.0 Å². The van der Waals surface area contributed by atoms with Gasteiger partial charge in [0.05, 0.1) is 4.88 Å². The molecule has 1 aliphatic rings. The molecular weight excluding hydrogens is 367 g/mol. The predicted octanol–water partition coefficient (Wildman–Crippen LogP) is 2.82. The summed E-state index contributed by atoms with van der Waals surface area (Å²) < 4.78 is 13.4. The van der Waals surface area contributed by atoms with E-state index in [9.17, 15) is 14.0 Å². The lowest BCUT2D eigenvalue weighted by Gasteiger charge is -2.17. The van der Waals surface area contributed by atoms with Crippen LogP contribution in [-0.2, 0) is 0 Å². The van der Waals surface area contributed by atoms with Gasteiger partial charge in [-0.05, 0) is 24.6 Å². The highest BCUT2D eigenvalue weighted by Crippen LogP contribution is 2.38. The lowest BCUT2D eigenvalue weighted by atomic mass is 9.97. The second kappa shape index (κ2) is 7.03. The van der Waals surface area contributed by atoms with Crippen molar-refractivity contribution in [3.63, 3.8) is 0 Å². The first kappa shape index (κ1) is 17.5. The molecule has 2 amide bonds.